The van der Waals surface area contributed by atoms with E-state index in [9.17, 15) is 9.18 Å². The summed E-state index contributed by atoms with van der Waals surface area (Å²) in [4.78, 5) is 17.4. The molecule has 1 heterocycles. The fourth-order valence-electron chi connectivity index (χ4n) is 4.15. The minimum absolute atomic E-state index is 0.0621. The molecule has 1 fully saturated rings. The highest BCUT2D eigenvalue weighted by atomic mass is 19.1. The van der Waals surface area contributed by atoms with E-state index in [2.05, 4.69) is 29.2 Å². The van der Waals surface area contributed by atoms with E-state index in [0.717, 1.165) is 32.7 Å². The van der Waals surface area contributed by atoms with E-state index in [0.29, 0.717) is 18.8 Å². The summed E-state index contributed by atoms with van der Waals surface area (Å²) in [6.07, 6.45) is 0.474. The standard InChI is InChI=1S/C27H29FN2O2/c28-24-11-13-25(14-12-24)32-20-19-29-15-17-30(18-16-29)27(31)21-26(22-7-3-1-4-8-22)23-9-5-2-6-10-23/h1-14,26H,15-21H2. The fourth-order valence-corrected chi connectivity index (χ4v) is 4.15. The zero-order valence-electron chi connectivity index (χ0n) is 18.2. The number of amides is 1. The normalized spacial score (nSPS) is 14.5. The Morgan fingerprint density at radius 3 is 1.94 bits per heavy atom. The quantitative estimate of drug-likeness (QED) is 0.523. The summed E-state index contributed by atoms with van der Waals surface area (Å²) in [5.74, 6) is 0.671. The van der Waals surface area contributed by atoms with Crippen LogP contribution in [0.25, 0.3) is 0 Å². The van der Waals surface area contributed by atoms with Crippen molar-refractivity contribution in [2.45, 2.75) is 12.3 Å². The molecule has 32 heavy (non-hydrogen) atoms. The van der Waals surface area contributed by atoms with Gasteiger partial charge in [-0.25, -0.2) is 4.39 Å². The molecule has 1 amide bonds. The van der Waals surface area contributed by atoms with Gasteiger partial charge in [0, 0.05) is 45.1 Å². The third kappa shape index (κ3) is 5.95. The van der Waals surface area contributed by atoms with Gasteiger partial charge < -0.3 is 9.64 Å². The lowest BCUT2D eigenvalue weighted by Gasteiger charge is -2.35. The lowest BCUT2D eigenvalue weighted by molar-refractivity contribution is -0.133. The Balaban J connectivity index is 1.28. The van der Waals surface area contributed by atoms with Crippen LogP contribution in [0.15, 0.2) is 84.9 Å². The molecule has 0 saturated carbocycles. The van der Waals surface area contributed by atoms with Gasteiger partial charge in [-0.05, 0) is 35.4 Å². The molecule has 0 aromatic heterocycles. The maximum atomic E-state index is 13.1. The van der Waals surface area contributed by atoms with Gasteiger partial charge in [-0.3, -0.25) is 9.69 Å². The summed E-state index contributed by atoms with van der Waals surface area (Å²) in [7, 11) is 0. The van der Waals surface area contributed by atoms with Gasteiger partial charge in [0.15, 0.2) is 0 Å². The Morgan fingerprint density at radius 2 is 1.38 bits per heavy atom. The summed E-state index contributed by atoms with van der Waals surface area (Å²) in [5, 5.41) is 0. The third-order valence-corrected chi connectivity index (χ3v) is 6.00. The summed E-state index contributed by atoms with van der Waals surface area (Å²) < 4.78 is 18.7. The highest BCUT2D eigenvalue weighted by Crippen LogP contribution is 2.28. The molecule has 1 aliphatic rings. The van der Waals surface area contributed by atoms with Crippen molar-refractivity contribution in [2.24, 2.45) is 0 Å². The molecule has 0 radical (unpaired) electrons. The Hall–Kier alpha value is -3.18. The van der Waals surface area contributed by atoms with E-state index in [1.807, 2.05) is 41.3 Å². The largest absolute Gasteiger partial charge is 0.492 e. The van der Waals surface area contributed by atoms with E-state index in [1.165, 1.54) is 23.3 Å². The van der Waals surface area contributed by atoms with Crippen LogP contribution >= 0.6 is 0 Å². The minimum Gasteiger partial charge on any atom is -0.492 e. The number of hydrogen-bond donors (Lipinski definition) is 0. The predicted molar refractivity (Wildman–Crippen MR) is 124 cm³/mol. The average Bonchev–Trinajstić information content (AvgIpc) is 2.85. The van der Waals surface area contributed by atoms with Gasteiger partial charge in [0.05, 0.1) is 0 Å². The summed E-state index contributed by atoms with van der Waals surface area (Å²) in [5.41, 5.74) is 2.34. The topological polar surface area (TPSA) is 32.8 Å². The molecule has 1 saturated heterocycles. The van der Waals surface area contributed by atoms with E-state index in [4.69, 9.17) is 4.74 Å². The monoisotopic (exact) mass is 432 g/mol. The Morgan fingerprint density at radius 1 is 0.812 bits per heavy atom. The molecule has 5 heteroatoms. The Bertz CT molecular complexity index is 932. The molecular formula is C27H29FN2O2. The predicted octanol–water partition coefficient (Wildman–Crippen LogP) is 4.57. The van der Waals surface area contributed by atoms with Crippen molar-refractivity contribution < 1.29 is 13.9 Å². The minimum atomic E-state index is -0.264. The second kappa shape index (κ2) is 10.9. The number of halogens is 1. The molecule has 4 rings (SSSR count). The first-order chi connectivity index (χ1) is 15.7. The van der Waals surface area contributed by atoms with Gasteiger partial charge in [-0.15, -0.1) is 0 Å². The van der Waals surface area contributed by atoms with Gasteiger partial charge in [-0.2, -0.15) is 0 Å². The number of benzene rings is 3. The van der Waals surface area contributed by atoms with Crippen LogP contribution in [0.1, 0.15) is 23.5 Å². The summed E-state index contributed by atoms with van der Waals surface area (Å²) in [6.45, 7) is 4.46. The fraction of sp³-hybridized carbons (Fsp3) is 0.296. The van der Waals surface area contributed by atoms with Crippen molar-refractivity contribution in [1.82, 2.24) is 9.80 Å². The average molecular weight is 433 g/mol. The van der Waals surface area contributed by atoms with Crippen molar-refractivity contribution in [3.05, 3.63) is 102 Å². The maximum Gasteiger partial charge on any atom is 0.223 e. The summed E-state index contributed by atoms with van der Waals surface area (Å²) >= 11 is 0. The van der Waals surface area contributed by atoms with Crippen molar-refractivity contribution >= 4 is 5.91 Å². The van der Waals surface area contributed by atoms with E-state index >= 15 is 0 Å². The first-order valence-electron chi connectivity index (χ1n) is 11.2. The SMILES string of the molecule is O=C(CC(c1ccccc1)c1ccccc1)N1CCN(CCOc2ccc(F)cc2)CC1. The second-order valence-corrected chi connectivity index (χ2v) is 8.10. The van der Waals surface area contributed by atoms with Gasteiger partial charge in [0.1, 0.15) is 18.2 Å². The highest BCUT2D eigenvalue weighted by molar-refractivity contribution is 5.78. The number of hydrogen-bond acceptors (Lipinski definition) is 3. The number of rotatable bonds is 8. The molecule has 3 aromatic carbocycles. The second-order valence-electron chi connectivity index (χ2n) is 8.10. The van der Waals surface area contributed by atoms with Crippen LogP contribution in [-0.2, 0) is 4.79 Å². The van der Waals surface area contributed by atoms with E-state index in [1.54, 1.807) is 12.1 Å². The van der Waals surface area contributed by atoms with Crippen LogP contribution in [-0.4, -0.2) is 55.0 Å². The van der Waals surface area contributed by atoms with Crippen molar-refractivity contribution in [3.8, 4) is 5.75 Å². The van der Waals surface area contributed by atoms with Gasteiger partial charge >= 0.3 is 0 Å². The first-order valence-corrected chi connectivity index (χ1v) is 11.2. The van der Waals surface area contributed by atoms with E-state index < -0.39 is 0 Å². The number of carbonyl (C=O) groups is 1. The molecule has 0 aliphatic carbocycles. The number of carbonyl (C=O) groups excluding carboxylic acids is 1. The number of ether oxygens (including phenoxy) is 1. The summed E-state index contributed by atoms with van der Waals surface area (Å²) in [6, 6.07) is 26.6. The molecule has 1 aliphatic heterocycles. The van der Waals surface area contributed by atoms with Crippen molar-refractivity contribution in [2.75, 3.05) is 39.3 Å². The zero-order valence-corrected chi connectivity index (χ0v) is 18.2. The molecule has 0 atom stereocenters. The molecule has 4 nitrogen and oxygen atoms in total. The maximum absolute atomic E-state index is 13.1. The van der Waals surface area contributed by atoms with Crippen molar-refractivity contribution in [3.63, 3.8) is 0 Å². The van der Waals surface area contributed by atoms with Gasteiger partial charge in [-0.1, -0.05) is 60.7 Å². The smallest absolute Gasteiger partial charge is 0.223 e. The number of nitrogens with zero attached hydrogens (tertiary/aromatic N) is 2. The Labute approximate surface area is 189 Å². The van der Waals surface area contributed by atoms with Crippen LogP contribution in [0, 0.1) is 5.82 Å². The molecule has 0 spiro atoms. The highest BCUT2D eigenvalue weighted by Gasteiger charge is 2.25. The Kier molecular flexibility index (Phi) is 7.51. The lowest BCUT2D eigenvalue weighted by atomic mass is 9.88. The third-order valence-electron chi connectivity index (χ3n) is 6.00. The zero-order chi connectivity index (χ0) is 22.2. The van der Waals surface area contributed by atoms with Gasteiger partial charge in [0.2, 0.25) is 5.91 Å². The van der Waals surface area contributed by atoms with Gasteiger partial charge in [0.25, 0.3) is 0 Å². The molecular weight excluding hydrogens is 403 g/mol. The van der Waals surface area contributed by atoms with E-state index in [-0.39, 0.29) is 17.6 Å². The lowest BCUT2D eigenvalue weighted by Crippen LogP contribution is -2.49. The number of piperazine rings is 1. The van der Waals surface area contributed by atoms with Crippen LogP contribution < -0.4 is 4.74 Å². The van der Waals surface area contributed by atoms with Crippen LogP contribution in [0.2, 0.25) is 0 Å². The van der Waals surface area contributed by atoms with Crippen LogP contribution in [0.3, 0.4) is 0 Å². The van der Waals surface area contributed by atoms with Crippen LogP contribution in [0.5, 0.6) is 5.75 Å². The molecule has 0 bridgehead atoms. The van der Waals surface area contributed by atoms with Crippen molar-refractivity contribution in [1.29, 1.82) is 0 Å². The molecule has 166 valence electrons. The first kappa shape index (κ1) is 22.0. The molecule has 0 N–H and O–H groups in total. The molecule has 0 unspecified atom stereocenters. The molecule has 3 aromatic rings. The van der Waals surface area contributed by atoms with Crippen LogP contribution in [0.4, 0.5) is 4.39 Å².